The lowest BCUT2D eigenvalue weighted by Crippen LogP contribution is -2.43. The summed E-state index contributed by atoms with van der Waals surface area (Å²) < 4.78 is 0. The number of hydrogen-bond acceptors (Lipinski definition) is 2. The average molecular weight is 328 g/mol. The highest BCUT2D eigenvalue weighted by molar-refractivity contribution is 5.83. The highest BCUT2D eigenvalue weighted by Crippen LogP contribution is 2.12. The van der Waals surface area contributed by atoms with E-state index in [1.54, 1.807) is 11.8 Å². The molecule has 1 N–H and O–H groups in total. The van der Waals surface area contributed by atoms with Crippen LogP contribution in [-0.4, -0.2) is 34.5 Å². The number of amides is 1. The molecule has 0 aromatic heterocycles. The Morgan fingerprint density at radius 2 is 1.30 bits per heavy atom. The Balaban J connectivity index is 4.14. The van der Waals surface area contributed by atoms with Crippen molar-refractivity contribution in [2.24, 2.45) is 0 Å². The van der Waals surface area contributed by atoms with Crippen molar-refractivity contribution in [1.29, 1.82) is 0 Å². The van der Waals surface area contributed by atoms with Gasteiger partial charge < -0.3 is 10.0 Å². The molecule has 4 nitrogen and oxygen atoms in total. The molecule has 0 aliphatic rings. The SMILES string of the molecule is CCCCCCCCCN(C(=O)CCCCCC)[C@@H](C)C(=O)O. The van der Waals surface area contributed by atoms with Crippen LogP contribution >= 0.6 is 0 Å². The summed E-state index contributed by atoms with van der Waals surface area (Å²) in [4.78, 5) is 25.1. The Hall–Kier alpha value is -1.06. The maximum Gasteiger partial charge on any atom is 0.326 e. The van der Waals surface area contributed by atoms with E-state index in [1.807, 2.05) is 0 Å². The Morgan fingerprint density at radius 3 is 1.83 bits per heavy atom. The van der Waals surface area contributed by atoms with Crippen molar-refractivity contribution in [3.63, 3.8) is 0 Å². The van der Waals surface area contributed by atoms with Crippen molar-refractivity contribution in [1.82, 2.24) is 4.90 Å². The molecule has 0 aromatic carbocycles. The van der Waals surface area contributed by atoms with Crippen molar-refractivity contribution in [2.45, 2.75) is 104 Å². The number of hydrogen-bond donors (Lipinski definition) is 1. The molecule has 0 rings (SSSR count). The van der Waals surface area contributed by atoms with Gasteiger partial charge in [0.1, 0.15) is 6.04 Å². The van der Waals surface area contributed by atoms with Gasteiger partial charge in [-0.05, 0) is 19.8 Å². The van der Waals surface area contributed by atoms with Crippen molar-refractivity contribution < 1.29 is 14.7 Å². The monoisotopic (exact) mass is 327 g/mol. The quantitative estimate of drug-likeness (QED) is 0.430. The summed E-state index contributed by atoms with van der Waals surface area (Å²) in [6.07, 6.45) is 12.9. The minimum Gasteiger partial charge on any atom is -0.480 e. The number of rotatable bonds is 15. The van der Waals surface area contributed by atoms with Gasteiger partial charge >= 0.3 is 5.97 Å². The maximum absolute atomic E-state index is 12.3. The highest BCUT2D eigenvalue weighted by Gasteiger charge is 2.24. The summed E-state index contributed by atoms with van der Waals surface area (Å²) in [5.74, 6) is -0.906. The largest absolute Gasteiger partial charge is 0.480 e. The molecule has 0 spiro atoms. The second-order valence-corrected chi connectivity index (χ2v) is 6.53. The van der Waals surface area contributed by atoms with Crippen LogP contribution in [0.25, 0.3) is 0 Å². The van der Waals surface area contributed by atoms with E-state index < -0.39 is 12.0 Å². The predicted molar refractivity (Wildman–Crippen MR) is 95.6 cm³/mol. The van der Waals surface area contributed by atoms with Crippen LogP contribution in [0.1, 0.15) is 97.8 Å². The lowest BCUT2D eigenvalue weighted by molar-refractivity contribution is -0.149. The van der Waals surface area contributed by atoms with Crippen molar-refractivity contribution in [2.75, 3.05) is 6.54 Å². The molecule has 0 unspecified atom stereocenters. The van der Waals surface area contributed by atoms with Crippen LogP contribution in [0.15, 0.2) is 0 Å². The number of carbonyl (C=O) groups is 2. The van der Waals surface area contributed by atoms with E-state index in [4.69, 9.17) is 0 Å². The van der Waals surface area contributed by atoms with Gasteiger partial charge in [-0.3, -0.25) is 4.79 Å². The Labute approximate surface area is 142 Å². The van der Waals surface area contributed by atoms with E-state index in [0.717, 1.165) is 38.5 Å². The molecule has 0 saturated carbocycles. The molecule has 0 radical (unpaired) electrons. The van der Waals surface area contributed by atoms with Gasteiger partial charge in [0.15, 0.2) is 0 Å². The first kappa shape index (κ1) is 21.9. The minimum absolute atomic E-state index is 0.00184. The Morgan fingerprint density at radius 1 is 0.826 bits per heavy atom. The van der Waals surface area contributed by atoms with Gasteiger partial charge in [-0.2, -0.15) is 0 Å². The lowest BCUT2D eigenvalue weighted by Gasteiger charge is -2.26. The lowest BCUT2D eigenvalue weighted by atomic mass is 10.1. The average Bonchev–Trinajstić information content (AvgIpc) is 2.53. The van der Waals surface area contributed by atoms with Crippen LogP contribution in [-0.2, 0) is 9.59 Å². The topological polar surface area (TPSA) is 57.6 Å². The van der Waals surface area contributed by atoms with Gasteiger partial charge in [0.05, 0.1) is 0 Å². The molecule has 0 fully saturated rings. The van der Waals surface area contributed by atoms with Crippen LogP contribution in [0.2, 0.25) is 0 Å². The van der Waals surface area contributed by atoms with E-state index in [9.17, 15) is 14.7 Å². The predicted octanol–water partition coefficient (Wildman–Crippen LogP) is 5.01. The third kappa shape index (κ3) is 11.2. The van der Waals surface area contributed by atoms with E-state index >= 15 is 0 Å². The smallest absolute Gasteiger partial charge is 0.326 e. The van der Waals surface area contributed by atoms with E-state index in [0.29, 0.717) is 13.0 Å². The van der Waals surface area contributed by atoms with Crippen LogP contribution in [0.4, 0.5) is 0 Å². The molecule has 0 heterocycles. The zero-order valence-electron chi connectivity index (χ0n) is 15.5. The second kappa shape index (κ2) is 14.5. The fourth-order valence-corrected chi connectivity index (χ4v) is 2.75. The molecule has 0 aromatic rings. The molecule has 23 heavy (non-hydrogen) atoms. The van der Waals surface area contributed by atoms with Gasteiger partial charge in [0, 0.05) is 13.0 Å². The first-order valence-electron chi connectivity index (χ1n) is 9.56. The molecular weight excluding hydrogens is 290 g/mol. The minimum atomic E-state index is -0.908. The Kier molecular flexibility index (Phi) is 13.9. The van der Waals surface area contributed by atoms with Gasteiger partial charge in [-0.1, -0.05) is 71.6 Å². The van der Waals surface area contributed by atoms with E-state index in [2.05, 4.69) is 13.8 Å². The molecule has 1 atom stereocenters. The van der Waals surface area contributed by atoms with Crippen molar-refractivity contribution in [3.05, 3.63) is 0 Å². The zero-order valence-corrected chi connectivity index (χ0v) is 15.5. The van der Waals surface area contributed by atoms with Crippen molar-refractivity contribution >= 4 is 11.9 Å². The van der Waals surface area contributed by atoms with Crippen LogP contribution in [0, 0.1) is 0 Å². The third-order valence-electron chi connectivity index (χ3n) is 4.39. The molecular formula is C19H37NO3. The molecule has 136 valence electrons. The summed E-state index contributed by atoms with van der Waals surface area (Å²) in [6.45, 7) is 6.54. The second-order valence-electron chi connectivity index (χ2n) is 6.53. The number of carboxylic acids is 1. The fourth-order valence-electron chi connectivity index (χ4n) is 2.75. The molecule has 0 aliphatic heterocycles. The highest BCUT2D eigenvalue weighted by atomic mass is 16.4. The summed E-state index contributed by atoms with van der Waals surface area (Å²) in [7, 11) is 0. The summed E-state index contributed by atoms with van der Waals surface area (Å²) in [5, 5.41) is 9.22. The molecule has 0 aliphatic carbocycles. The van der Waals surface area contributed by atoms with Crippen LogP contribution in [0.3, 0.4) is 0 Å². The summed E-state index contributed by atoms with van der Waals surface area (Å²) >= 11 is 0. The van der Waals surface area contributed by atoms with Gasteiger partial charge in [0.25, 0.3) is 0 Å². The number of nitrogens with zero attached hydrogens (tertiary/aromatic N) is 1. The first-order valence-corrected chi connectivity index (χ1v) is 9.56. The van der Waals surface area contributed by atoms with Gasteiger partial charge in [-0.25, -0.2) is 4.79 Å². The standard InChI is InChI=1S/C19H37NO3/c1-4-6-8-10-11-12-14-16-20(17(3)19(22)23)18(21)15-13-9-7-5-2/h17H,4-16H2,1-3H3,(H,22,23)/t17-/m0/s1. The normalized spacial score (nSPS) is 12.1. The van der Waals surface area contributed by atoms with Crippen LogP contribution in [0.5, 0.6) is 0 Å². The molecule has 1 amide bonds. The summed E-state index contributed by atoms with van der Waals surface area (Å²) in [6, 6.07) is -0.714. The Bertz CT molecular complexity index is 318. The zero-order chi connectivity index (χ0) is 17.5. The molecule has 0 bridgehead atoms. The first-order chi connectivity index (χ1) is 11.0. The van der Waals surface area contributed by atoms with Crippen molar-refractivity contribution in [3.8, 4) is 0 Å². The fraction of sp³-hybridized carbons (Fsp3) is 0.895. The van der Waals surface area contributed by atoms with Gasteiger partial charge in [0.2, 0.25) is 5.91 Å². The van der Waals surface area contributed by atoms with E-state index in [1.165, 1.54) is 32.1 Å². The van der Waals surface area contributed by atoms with Gasteiger partial charge in [-0.15, -0.1) is 0 Å². The third-order valence-corrected chi connectivity index (χ3v) is 4.39. The number of carboxylic acid groups (broad SMARTS) is 1. The van der Waals surface area contributed by atoms with E-state index in [-0.39, 0.29) is 5.91 Å². The van der Waals surface area contributed by atoms with Crippen LogP contribution < -0.4 is 0 Å². The summed E-state index contributed by atoms with van der Waals surface area (Å²) in [5.41, 5.74) is 0. The molecule has 4 heteroatoms. The maximum atomic E-state index is 12.3. The number of aliphatic carboxylic acids is 1. The number of carbonyl (C=O) groups excluding carboxylic acids is 1. The number of unbranched alkanes of at least 4 members (excludes halogenated alkanes) is 9. The molecule has 0 saturated heterocycles.